The standard InChI is InChI=1S/C33H28N2O4S/c1-3-30(24-6-4-7-27(19-24)39-28-8-5-9-29(20-28)40(2)38)33(25-15-16-31-26(18-25)21-34-35-31)23-13-10-22(11-14-23)12-17-32(36)37/h4-21H,3H2,1-2H3,(H,34,35)(H,36,37)/b17-12+,33-30+. The molecule has 1 atom stereocenters. The van der Waals surface area contributed by atoms with Crippen LogP contribution in [0.3, 0.4) is 0 Å². The number of rotatable bonds is 9. The Hall–Kier alpha value is -4.75. The lowest BCUT2D eigenvalue weighted by Crippen LogP contribution is -1.96. The molecule has 40 heavy (non-hydrogen) atoms. The van der Waals surface area contributed by atoms with Crippen LogP contribution in [0.15, 0.2) is 108 Å². The van der Waals surface area contributed by atoms with Gasteiger partial charge in [-0.05, 0) is 88.4 Å². The molecule has 1 heterocycles. The van der Waals surface area contributed by atoms with E-state index in [1.807, 2.05) is 72.9 Å². The molecule has 4 aromatic carbocycles. The largest absolute Gasteiger partial charge is 0.478 e. The van der Waals surface area contributed by atoms with Gasteiger partial charge in [-0.25, -0.2) is 4.79 Å². The van der Waals surface area contributed by atoms with Crippen molar-refractivity contribution in [2.75, 3.05) is 6.26 Å². The summed E-state index contributed by atoms with van der Waals surface area (Å²) in [6.07, 6.45) is 6.93. The summed E-state index contributed by atoms with van der Waals surface area (Å²) in [5.41, 5.74) is 7.04. The minimum atomic E-state index is -1.10. The van der Waals surface area contributed by atoms with Gasteiger partial charge in [-0.1, -0.05) is 55.5 Å². The van der Waals surface area contributed by atoms with Gasteiger partial charge in [0.05, 0.1) is 11.7 Å². The van der Waals surface area contributed by atoms with Crippen LogP contribution in [0.25, 0.3) is 28.1 Å². The van der Waals surface area contributed by atoms with Gasteiger partial charge in [-0.15, -0.1) is 0 Å². The maximum absolute atomic E-state index is 11.9. The molecular formula is C33H28N2O4S. The van der Waals surface area contributed by atoms with Crippen LogP contribution in [0.1, 0.15) is 35.6 Å². The minimum Gasteiger partial charge on any atom is -0.478 e. The molecule has 1 aromatic heterocycles. The first-order valence-electron chi connectivity index (χ1n) is 12.8. The Kier molecular flexibility index (Phi) is 8.03. The first-order chi connectivity index (χ1) is 19.4. The number of aromatic amines is 1. The number of carbonyl (C=O) groups is 1. The van der Waals surface area contributed by atoms with E-state index >= 15 is 0 Å². The summed E-state index contributed by atoms with van der Waals surface area (Å²) in [5, 5.41) is 17.2. The molecule has 0 aliphatic carbocycles. The molecule has 7 heteroatoms. The average Bonchev–Trinajstić information content (AvgIpc) is 3.43. The normalized spacial score (nSPS) is 12.8. The Morgan fingerprint density at radius 1 is 0.925 bits per heavy atom. The summed E-state index contributed by atoms with van der Waals surface area (Å²) in [5.74, 6) is 0.326. The van der Waals surface area contributed by atoms with Crippen LogP contribution in [-0.4, -0.2) is 31.7 Å². The number of nitrogens with zero attached hydrogens (tertiary/aromatic N) is 1. The van der Waals surface area contributed by atoms with Crippen LogP contribution in [0.2, 0.25) is 0 Å². The number of allylic oxidation sites excluding steroid dienone is 1. The number of hydrogen-bond acceptors (Lipinski definition) is 4. The van der Waals surface area contributed by atoms with Gasteiger partial charge in [0.1, 0.15) is 11.5 Å². The van der Waals surface area contributed by atoms with Crippen LogP contribution in [-0.2, 0) is 15.6 Å². The zero-order valence-corrected chi connectivity index (χ0v) is 22.9. The number of aromatic nitrogens is 2. The van der Waals surface area contributed by atoms with Gasteiger partial charge in [0, 0.05) is 33.4 Å². The van der Waals surface area contributed by atoms with Crippen molar-refractivity contribution in [3.8, 4) is 11.5 Å². The molecule has 0 spiro atoms. The van der Waals surface area contributed by atoms with Gasteiger partial charge >= 0.3 is 5.97 Å². The first kappa shape index (κ1) is 26.8. The SMILES string of the molecule is CC/C(=C(/c1ccc(/C=C/C(=O)O)cc1)c1ccc2[nH]ncc2c1)c1cccc(Oc2cccc(S(C)=O)c2)c1. The topological polar surface area (TPSA) is 92.3 Å². The predicted octanol–water partition coefficient (Wildman–Crippen LogP) is 7.56. The number of ether oxygens (including phenoxy) is 1. The minimum absolute atomic E-state index is 0.627. The van der Waals surface area contributed by atoms with Crippen molar-refractivity contribution in [1.29, 1.82) is 0 Å². The summed E-state index contributed by atoms with van der Waals surface area (Å²) >= 11 is 0. The maximum atomic E-state index is 11.9. The van der Waals surface area contributed by atoms with Gasteiger partial charge in [-0.2, -0.15) is 5.10 Å². The zero-order valence-electron chi connectivity index (χ0n) is 22.1. The lowest BCUT2D eigenvalue weighted by atomic mass is 9.87. The third kappa shape index (κ3) is 6.11. The fourth-order valence-electron chi connectivity index (χ4n) is 4.67. The van der Waals surface area contributed by atoms with E-state index in [0.29, 0.717) is 16.4 Å². The number of H-pyrrole nitrogens is 1. The number of carboxylic acids is 1. The molecule has 0 saturated carbocycles. The number of fused-ring (bicyclic) bond motifs is 1. The fraction of sp³-hybridized carbons (Fsp3) is 0.0909. The number of hydrogen-bond donors (Lipinski definition) is 2. The number of nitrogens with one attached hydrogen (secondary N) is 1. The Labute approximate surface area is 235 Å². The van der Waals surface area contributed by atoms with Crippen molar-refractivity contribution in [1.82, 2.24) is 10.2 Å². The lowest BCUT2D eigenvalue weighted by molar-refractivity contribution is -0.131. The van der Waals surface area contributed by atoms with E-state index in [1.54, 1.807) is 18.4 Å². The predicted molar refractivity (Wildman–Crippen MR) is 161 cm³/mol. The molecule has 5 rings (SSSR count). The van der Waals surface area contributed by atoms with E-state index in [9.17, 15) is 9.00 Å². The molecule has 2 N–H and O–H groups in total. The summed E-state index contributed by atoms with van der Waals surface area (Å²) in [6.45, 7) is 2.13. The van der Waals surface area contributed by atoms with Gasteiger partial charge in [0.2, 0.25) is 0 Å². The van der Waals surface area contributed by atoms with Crippen molar-refractivity contribution in [3.05, 3.63) is 126 Å². The van der Waals surface area contributed by atoms with Crippen LogP contribution in [0.5, 0.6) is 11.5 Å². The smallest absolute Gasteiger partial charge is 0.328 e. The Balaban J connectivity index is 1.61. The number of aliphatic carboxylic acids is 1. The summed E-state index contributed by atoms with van der Waals surface area (Å²) in [7, 11) is -1.10. The fourth-order valence-corrected chi connectivity index (χ4v) is 5.22. The summed E-state index contributed by atoms with van der Waals surface area (Å²) < 4.78 is 18.1. The van der Waals surface area contributed by atoms with Crippen LogP contribution in [0, 0.1) is 0 Å². The molecule has 0 bridgehead atoms. The van der Waals surface area contributed by atoms with Crippen molar-refractivity contribution < 1.29 is 18.8 Å². The van der Waals surface area contributed by atoms with E-state index < -0.39 is 16.8 Å². The first-order valence-corrected chi connectivity index (χ1v) is 14.4. The highest BCUT2D eigenvalue weighted by atomic mass is 32.2. The third-order valence-electron chi connectivity index (χ3n) is 6.56. The van der Waals surface area contributed by atoms with E-state index in [2.05, 4.69) is 35.3 Å². The second-order valence-electron chi connectivity index (χ2n) is 9.23. The second kappa shape index (κ2) is 12.0. The Bertz CT molecular complexity index is 1770. The summed E-state index contributed by atoms with van der Waals surface area (Å²) in [6, 6.07) is 29.4. The molecule has 1 unspecified atom stereocenters. The molecule has 0 aliphatic rings. The van der Waals surface area contributed by atoms with Gasteiger partial charge < -0.3 is 9.84 Å². The molecule has 0 radical (unpaired) electrons. The van der Waals surface area contributed by atoms with Crippen LogP contribution >= 0.6 is 0 Å². The highest BCUT2D eigenvalue weighted by Gasteiger charge is 2.15. The zero-order chi connectivity index (χ0) is 28.1. The molecule has 0 amide bonds. The van der Waals surface area contributed by atoms with Gasteiger partial charge in [0.25, 0.3) is 0 Å². The van der Waals surface area contributed by atoms with Gasteiger partial charge in [-0.3, -0.25) is 9.31 Å². The average molecular weight is 549 g/mol. The van der Waals surface area contributed by atoms with E-state index in [-0.39, 0.29) is 0 Å². The van der Waals surface area contributed by atoms with Crippen LogP contribution in [0.4, 0.5) is 0 Å². The molecule has 0 saturated heterocycles. The third-order valence-corrected chi connectivity index (χ3v) is 7.48. The molecule has 6 nitrogen and oxygen atoms in total. The molecule has 0 aliphatic heterocycles. The van der Waals surface area contributed by atoms with E-state index in [1.165, 1.54) is 0 Å². The van der Waals surface area contributed by atoms with Crippen molar-refractivity contribution in [2.24, 2.45) is 0 Å². The van der Waals surface area contributed by atoms with E-state index in [0.717, 1.165) is 56.8 Å². The molecule has 200 valence electrons. The van der Waals surface area contributed by atoms with E-state index in [4.69, 9.17) is 9.84 Å². The Morgan fingerprint density at radius 3 is 2.38 bits per heavy atom. The molecule has 0 fully saturated rings. The quantitative estimate of drug-likeness (QED) is 0.146. The highest BCUT2D eigenvalue weighted by molar-refractivity contribution is 7.84. The maximum Gasteiger partial charge on any atom is 0.328 e. The van der Waals surface area contributed by atoms with Gasteiger partial charge in [0.15, 0.2) is 0 Å². The van der Waals surface area contributed by atoms with Crippen molar-refractivity contribution >= 4 is 44.9 Å². The van der Waals surface area contributed by atoms with Crippen LogP contribution < -0.4 is 4.74 Å². The second-order valence-corrected chi connectivity index (χ2v) is 10.6. The monoisotopic (exact) mass is 548 g/mol. The Morgan fingerprint density at radius 2 is 1.65 bits per heavy atom. The molecular weight excluding hydrogens is 520 g/mol. The van der Waals surface area contributed by atoms with Crippen molar-refractivity contribution in [3.63, 3.8) is 0 Å². The lowest BCUT2D eigenvalue weighted by Gasteiger charge is -2.17. The number of carboxylic acid groups (broad SMARTS) is 1. The number of benzene rings is 4. The molecule has 5 aromatic rings. The highest BCUT2D eigenvalue weighted by Crippen LogP contribution is 2.37. The summed E-state index contributed by atoms with van der Waals surface area (Å²) in [4.78, 5) is 11.7. The van der Waals surface area contributed by atoms with Crippen molar-refractivity contribution in [2.45, 2.75) is 18.2 Å².